The van der Waals surface area contributed by atoms with Gasteiger partial charge in [0.2, 0.25) is 0 Å². The van der Waals surface area contributed by atoms with Crippen molar-refractivity contribution in [3.05, 3.63) is 12.3 Å². The monoisotopic (exact) mass is 229 g/mol. The maximum atomic E-state index is 9.37. The number of allylic oxidation sites excluding steroid dienone is 1. The van der Waals surface area contributed by atoms with Crippen molar-refractivity contribution >= 4 is 0 Å². The lowest BCUT2D eigenvalue weighted by molar-refractivity contribution is -0.0513. The summed E-state index contributed by atoms with van der Waals surface area (Å²) < 4.78 is 0. The fraction of sp³-hybridized carbons (Fsp3) is 0.846. The highest BCUT2D eigenvalue weighted by Crippen LogP contribution is 2.07. The van der Waals surface area contributed by atoms with Gasteiger partial charge in [0, 0.05) is 6.20 Å². The van der Waals surface area contributed by atoms with Gasteiger partial charge >= 0.3 is 0 Å². The van der Waals surface area contributed by atoms with E-state index < -0.39 is 12.5 Å². The molecule has 0 aromatic carbocycles. The minimum absolute atomic E-state index is 0.642. The summed E-state index contributed by atoms with van der Waals surface area (Å²) in [6.45, 7) is 5.51. The Balaban J connectivity index is 3.64. The first-order chi connectivity index (χ1) is 7.59. The van der Waals surface area contributed by atoms with Gasteiger partial charge < -0.3 is 15.1 Å². The van der Waals surface area contributed by atoms with E-state index >= 15 is 0 Å². The van der Waals surface area contributed by atoms with E-state index in [0.717, 1.165) is 6.42 Å². The summed E-state index contributed by atoms with van der Waals surface area (Å²) >= 11 is 0. The molecule has 0 aliphatic carbocycles. The van der Waals surface area contributed by atoms with Gasteiger partial charge in [-0.1, -0.05) is 38.7 Å². The normalized spacial score (nSPS) is 15.3. The van der Waals surface area contributed by atoms with Crippen LogP contribution in [0.15, 0.2) is 12.3 Å². The molecule has 0 heterocycles. The van der Waals surface area contributed by atoms with Crippen LogP contribution in [0.3, 0.4) is 0 Å². The fourth-order valence-corrected chi connectivity index (χ4v) is 1.62. The number of aliphatic hydroxyl groups excluding tert-OH is 2. The van der Waals surface area contributed by atoms with Gasteiger partial charge in [-0.25, -0.2) is 0 Å². The van der Waals surface area contributed by atoms with E-state index in [1.54, 1.807) is 20.0 Å². The van der Waals surface area contributed by atoms with Crippen LogP contribution in [0.4, 0.5) is 0 Å². The molecule has 16 heavy (non-hydrogen) atoms. The first kappa shape index (κ1) is 15.5. The third-order valence-corrected chi connectivity index (χ3v) is 2.61. The van der Waals surface area contributed by atoms with E-state index in [0.29, 0.717) is 0 Å². The Hall–Kier alpha value is -0.540. The molecule has 0 aliphatic rings. The average Bonchev–Trinajstić information content (AvgIpc) is 2.21. The summed E-state index contributed by atoms with van der Waals surface area (Å²) in [5.74, 6) is 0. The molecule has 0 saturated heterocycles. The van der Waals surface area contributed by atoms with Gasteiger partial charge in [-0.15, -0.1) is 0 Å². The predicted octanol–water partition coefficient (Wildman–Crippen LogP) is 2.84. The summed E-state index contributed by atoms with van der Waals surface area (Å²) in [4.78, 5) is 1.53. The standard InChI is InChI=1S/C13H27NO2/c1-4-5-6-7-8-9-10-11-14(12(2)15)13(3)16/h10-13,15-16H,4-9H2,1-3H3. The minimum atomic E-state index is -0.642. The molecule has 0 aliphatic heterocycles. The maximum absolute atomic E-state index is 9.37. The molecular weight excluding hydrogens is 202 g/mol. The fourth-order valence-electron chi connectivity index (χ4n) is 1.62. The smallest absolute Gasteiger partial charge is 0.125 e. The van der Waals surface area contributed by atoms with Crippen molar-refractivity contribution in [1.29, 1.82) is 0 Å². The summed E-state index contributed by atoms with van der Waals surface area (Å²) in [7, 11) is 0. The largest absolute Gasteiger partial charge is 0.374 e. The predicted molar refractivity (Wildman–Crippen MR) is 67.7 cm³/mol. The zero-order chi connectivity index (χ0) is 12.4. The third-order valence-electron chi connectivity index (χ3n) is 2.61. The molecule has 0 bridgehead atoms. The van der Waals surface area contributed by atoms with Gasteiger partial charge in [0.25, 0.3) is 0 Å². The van der Waals surface area contributed by atoms with Gasteiger partial charge in [0.15, 0.2) is 0 Å². The SMILES string of the molecule is CCCCCCCC=CN(C(C)O)C(C)O. The molecule has 0 fully saturated rings. The lowest BCUT2D eigenvalue weighted by Crippen LogP contribution is -2.35. The molecule has 0 saturated carbocycles. The number of hydrogen-bond acceptors (Lipinski definition) is 3. The van der Waals surface area contributed by atoms with E-state index in [4.69, 9.17) is 0 Å². The maximum Gasteiger partial charge on any atom is 0.125 e. The third kappa shape index (κ3) is 7.71. The van der Waals surface area contributed by atoms with Crippen LogP contribution in [-0.2, 0) is 0 Å². The number of rotatable bonds is 9. The molecule has 2 unspecified atom stereocenters. The van der Waals surface area contributed by atoms with Crippen LogP contribution in [0.25, 0.3) is 0 Å². The van der Waals surface area contributed by atoms with Gasteiger partial charge in [-0.2, -0.15) is 0 Å². The van der Waals surface area contributed by atoms with Crippen LogP contribution in [-0.4, -0.2) is 27.6 Å². The van der Waals surface area contributed by atoms with Crippen molar-refractivity contribution in [2.75, 3.05) is 0 Å². The molecule has 0 aromatic heterocycles. The van der Waals surface area contributed by atoms with Crippen LogP contribution in [0.5, 0.6) is 0 Å². The van der Waals surface area contributed by atoms with Crippen LogP contribution in [0.1, 0.15) is 59.3 Å². The topological polar surface area (TPSA) is 43.7 Å². The Bertz CT molecular complexity index is 171. The zero-order valence-electron chi connectivity index (χ0n) is 10.9. The minimum Gasteiger partial charge on any atom is -0.374 e. The molecule has 3 heteroatoms. The van der Waals surface area contributed by atoms with Crippen LogP contribution in [0.2, 0.25) is 0 Å². The molecule has 2 atom stereocenters. The Kier molecular flexibility index (Phi) is 9.34. The Morgan fingerprint density at radius 1 is 1.00 bits per heavy atom. The van der Waals surface area contributed by atoms with E-state index in [-0.39, 0.29) is 0 Å². The summed E-state index contributed by atoms with van der Waals surface area (Å²) in [5, 5.41) is 18.7. The Morgan fingerprint density at radius 3 is 2.06 bits per heavy atom. The second kappa shape index (κ2) is 9.67. The van der Waals surface area contributed by atoms with Gasteiger partial charge in [-0.05, 0) is 26.7 Å². The van der Waals surface area contributed by atoms with E-state index in [9.17, 15) is 10.2 Å². The van der Waals surface area contributed by atoms with Crippen molar-refractivity contribution in [3.8, 4) is 0 Å². The highest BCUT2D eigenvalue weighted by Gasteiger charge is 2.10. The first-order valence-electron chi connectivity index (χ1n) is 6.39. The summed E-state index contributed by atoms with van der Waals surface area (Å²) in [6.07, 6.45) is 9.88. The van der Waals surface area contributed by atoms with Gasteiger partial charge in [0.1, 0.15) is 12.5 Å². The number of nitrogens with zero attached hydrogens (tertiary/aromatic N) is 1. The lowest BCUT2D eigenvalue weighted by atomic mass is 10.1. The first-order valence-corrected chi connectivity index (χ1v) is 6.39. The molecule has 2 N–H and O–H groups in total. The second-order valence-corrected chi connectivity index (χ2v) is 4.30. The van der Waals surface area contributed by atoms with E-state index in [2.05, 4.69) is 6.92 Å². The quantitative estimate of drug-likeness (QED) is 0.472. The molecule has 0 rings (SSSR count). The van der Waals surface area contributed by atoms with Gasteiger partial charge in [-0.3, -0.25) is 0 Å². The molecule has 0 amide bonds. The molecule has 96 valence electrons. The molecule has 0 spiro atoms. The van der Waals surface area contributed by atoms with Crippen molar-refractivity contribution in [3.63, 3.8) is 0 Å². The molecule has 0 aromatic rings. The second-order valence-electron chi connectivity index (χ2n) is 4.30. The Morgan fingerprint density at radius 2 is 1.56 bits per heavy atom. The van der Waals surface area contributed by atoms with Crippen LogP contribution < -0.4 is 0 Å². The molecule has 0 radical (unpaired) electrons. The van der Waals surface area contributed by atoms with Crippen LogP contribution >= 0.6 is 0 Å². The van der Waals surface area contributed by atoms with Gasteiger partial charge in [0.05, 0.1) is 0 Å². The highest BCUT2D eigenvalue weighted by molar-refractivity contribution is 4.83. The van der Waals surface area contributed by atoms with Crippen LogP contribution in [0, 0.1) is 0 Å². The van der Waals surface area contributed by atoms with Crippen molar-refractivity contribution in [2.45, 2.75) is 71.8 Å². The number of unbranched alkanes of at least 4 members (excludes halogenated alkanes) is 5. The van der Waals surface area contributed by atoms with E-state index in [1.807, 2.05) is 6.08 Å². The zero-order valence-corrected chi connectivity index (χ0v) is 10.9. The summed E-state index contributed by atoms with van der Waals surface area (Å²) in [6, 6.07) is 0. The number of aliphatic hydroxyl groups is 2. The van der Waals surface area contributed by atoms with Crippen molar-refractivity contribution < 1.29 is 10.2 Å². The van der Waals surface area contributed by atoms with E-state index in [1.165, 1.54) is 37.0 Å². The van der Waals surface area contributed by atoms with Crippen molar-refractivity contribution in [2.24, 2.45) is 0 Å². The summed E-state index contributed by atoms with van der Waals surface area (Å²) in [5.41, 5.74) is 0. The number of hydrogen-bond donors (Lipinski definition) is 2. The molecule has 3 nitrogen and oxygen atoms in total. The Labute approximate surface area is 99.8 Å². The molecular formula is C13H27NO2. The highest BCUT2D eigenvalue weighted by atomic mass is 16.3. The average molecular weight is 229 g/mol. The lowest BCUT2D eigenvalue weighted by Gasteiger charge is -2.26. The van der Waals surface area contributed by atoms with Crippen molar-refractivity contribution in [1.82, 2.24) is 4.90 Å².